The maximum Gasteiger partial charge on any atom is 0.330 e. The summed E-state index contributed by atoms with van der Waals surface area (Å²) >= 11 is 0. The Bertz CT molecular complexity index is 274. The van der Waals surface area contributed by atoms with Gasteiger partial charge in [-0.2, -0.15) is 0 Å². The highest BCUT2D eigenvalue weighted by atomic mass is 16.5. The van der Waals surface area contributed by atoms with Crippen LogP contribution >= 0.6 is 0 Å². The van der Waals surface area contributed by atoms with Gasteiger partial charge >= 0.3 is 5.97 Å². The van der Waals surface area contributed by atoms with Crippen molar-refractivity contribution in [1.82, 2.24) is 0 Å². The van der Waals surface area contributed by atoms with E-state index < -0.39 is 0 Å². The van der Waals surface area contributed by atoms with Crippen molar-refractivity contribution in [2.24, 2.45) is 5.41 Å². The largest absolute Gasteiger partial charge is 0.466 e. The first-order valence-corrected chi connectivity index (χ1v) is 4.28. The molecule has 0 saturated heterocycles. The number of hydrogen-bond acceptors (Lipinski definition) is 2. The standard InChI is InChI=1S/C11H14O2/c1-11(7-4-3-5-8-11)9-6-10(12)13-2/h3-7,9H,8H2,1-2H3/b9-6+/t11-/m1/s1. The summed E-state index contributed by atoms with van der Waals surface area (Å²) in [5.74, 6) is -0.302. The lowest BCUT2D eigenvalue weighted by atomic mass is 9.83. The van der Waals surface area contributed by atoms with Gasteiger partial charge in [0.15, 0.2) is 0 Å². The Morgan fingerprint density at radius 1 is 1.54 bits per heavy atom. The molecule has 0 fully saturated rings. The maximum atomic E-state index is 10.8. The number of hydrogen-bond donors (Lipinski definition) is 0. The van der Waals surface area contributed by atoms with E-state index in [1.54, 1.807) is 0 Å². The Morgan fingerprint density at radius 2 is 2.31 bits per heavy atom. The molecule has 0 unspecified atom stereocenters. The van der Waals surface area contributed by atoms with Crippen molar-refractivity contribution in [3.63, 3.8) is 0 Å². The highest BCUT2D eigenvalue weighted by Gasteiger charge is 2.16. The number of esters is 1. The van der Waals surface area contributed by atoms with Crippen molar-refractivity contribution < 1.29 is 9.53 Å². The zero-order chi connectivity index (χ0) is 9.73. The van der Waals surface area contributed by atoms with Crippen molar-refractivity contribution in [2.75, 3.05) is 7.11 Å². The predicted molar refractivity (Wildman–Crippen MR) is 52.2 cm³/mol. The number of carbonyl (C=O) groups is 1. The van der Waals surface area contributed by atoms with E-state index in [9.17, 15) is 4.79 Å². The van der Waals surface area contributed by atoms with Crippen molar-refractivity contribution >= 4 is 5.97 Å². The molecular weight excluding hydrogens is 164 g/mol. The third kappa shape index (κ3) is 2.90. The van der Waals surface area contributed by atoms with Crippen LogP contribution in [0.3, 0.4) is 0 Å². The Kier molecular flexibility index (Phi) is 3.07. The van der Waals surface area contributed by atoms with Crippen LogP contribution in [0, 0.1) is 5.41 Å². The Labute approximate surface area is 78.6 Å². The summed E-state index contributed by atoms with van der Waals surface area (Å²) < 4.78 is 4.52. The Balaban J connectivity index is 2.62. The lowest BCUT2D eigenvalue weighted by Crippen LogP contribution is -2.10. The molecular formula is C11H14O2. The maximum absolute atomic E-state index is 10.8. The first-order chi connectivity index (χ1) is 6.16. The third-order valence-electron chi connectivity index (χ3n) is 2.08. The molecule has 1 aliphatic rings. The van der Waals surface area contributed by atoms with Crippen LogP contribution in [-0.4, -0.2) is 13.1 Å². The normalized spacial score (nSPS) is 26.6. The number of allylic oxidation sites excluding steroid dienone is 5. The van der Waals surface area contributed by atoms with Gasteiger partial charge in [-0.3, -0.25) is 0 Å². The molecule has 0 aromatic carbocycles. The first-order valence-electron chi connectivity index (χ1n) is 4.28. The minimum absolute atomic E-state index is 0.0387. The van der Waals surface area contributed by atoms with Gasteiger partial charge in [0.25, 0.3) is 0 Å². The molecule has 13 heavy (non-hydrogen) atoms. The van der Waals surface area contributed by atoms with Crippen LogP contribution in [0.15, 0.2) is 36.5 Å². The molecule has 2 nitrogen and oxygen atoms in total. The summed E-state index contributed by atoms with van der Waals surface area (Å²) in [6.07, 6.45) is 12.4. The van der Waals surface area contributed by atoms with Crippen LogP contribution < -0.4 is 0 Å². The second-order valence-electron chi connectivity index (χ2n) is 3.35. The molecule has 1 rings (SSSR count). The Morgan fingerprint density at radius 3 is 2.85 bits per heavy atom. The molecule has 0 aromatic heterocycles. The van der Waals surface area contributed by atoms with E-state index in [-0.39, 0.29) is 11.4 Å². The summed E-state index contributed by atoms with van der Waals surface area (Å²) in [6.45, 7) is 2.08. The molecule has 0 aliphatic heterocycles. The molecule has 2 heteroatoms. The molecule has 1 atom stereocenters. The minimum Gasteiger partial charge on any atom is -0.466 e. The number of rotatable bonds is 2. The van der Waals surface area contributed by atoms with Crippen LogP contribution in [0.25, 0.3) is 0 Å². The second-order valence-corrected chi connectivity index (χ2v) is 3.35. The monoisotopic (exact) mass is 178 g/mol. The fourth-order valence-electron chi connectivity index (χ4n) is 1.19. The summed E-state index contributed by atoms with van der Waals surface area (Å²) in [6, 6.07) is 0. The molecule has 0 saturated carbocycles. The minimum atomic E-state index is -0.302. The van der Waals surface area contributed by atoms with E-state index in [4.69, 9.17) is 0 Å². The summed E-state index contributed by atoms with van der Waals surface area (Å²) in [4.78, 5) is 10.8. The SMILES string of the molecule is COC(=O)/C=C/[C@]1(C)C=CC=CC1. The highest BCUT2D eigenvalue weighted by Crippen LogP contribution is 2.28. The van der Waals surface area contributed by atoms with Gasteiger partial charge in [-0.25, -0.2) is 4.79 Å². The van der Waals surface area contributed by atoms with E-state index in [1.807, 2.05) is 18.2 Å². The van der Waals surface area contributed by atoms with Gasteiger partial charge in [0, 0.05) is 11.5 Å². The van der Waals surface area contributed by atoms with E-state index in [2.05, 4.69) is 23.8 Å². The lowest BCUT2D eigenvalue weighted by Gasteiger charge is -2.21. The molecule has 1 aliphatic carbocycles. The van der Waals surface area contributed by atoms with Gasteiger partial charge in [-0.15, -0.1) is 0 Å². The fraction of sp³-hybridized carbons (Fsp3) is 0.364. The van der Waals surface area contributed by atoms with Gasteiger partial charge in [0.05, 0.1) is 7.11 Å². The molecule has 0 heterocycles. The molecule has 0 N–H and O–H groups in total. The summed E-state index contributed by atoms with van der Waals surface area (Å²) in [7, 11) is 1.38. The number of ether oxygens (including phenoxy) is 1. The molecule has 0 aromatic rings. The van der Waals surface area contributed by atoms with Crippen molar-refractivity contribution in [2.45, 2.75) is 13.3 Å². The zero-order valence-corrected chi connectivity index (χ0v) is 7.99. The average Bonchev–Trinajstić information content (AvgIpc) is 2.15. The first kappa shape index (κ1) is 9.78. The molecule has 0 radical (unpaired) electrons. The summed E-state index contributed by atoms with van der Waals surface area (Å²) in [5.41, 5.74) is -0.0387. The average molecular weight is 178 g/mol. The number of methoxy groups -OCH3 is 1. The lowest BCUT2D eigenvalue weighted by molar-refractivity contribution is -0.134. The van der Waals surface area contributed by atoms with E-state index in [0.717, 1.165) is 6.42 Å². The van der Waals surface area contributed by atoms with E-state index >= 15 is 0 Å². The quantitative estimate of drug-likeness (QED) is 0.479. The smallest absolute Gasteiger partial charge is 0.330 e. The van der Waals surface area contributed by atoms with Crippen molar-refractivity contribution in [1.29, 1.82) is 0 Å². The summed E-state index contributed by atoms with van der Waals surface area (Å²) in [5, 5.41) is 0. The molecule has 0 amide bonds. The topological polar surface area (TPSA) is 26.3 Å². The van der Waals surface area contributed by atoms with Gasteiger partial charge in [-0.1, -0.05) is 37.3 Å². The van der Waals surface area contributed by atoms with E-state index in [0.29, 0.717) is 0 Å². The van der Waals surface area contributed by atoms with Gasteiger partial charge in [-0.05, 0) is 6.42 Å². The zero-order valence-electron chi connectivity index (χ0n) is 7.99. The van der Waals surface area contributed by atoms with E-state index in [1.165, 1.54) is 13.2 Å². The van der Waals surface area contributed by atoms with Crippen molar-refractivity contribution in [3.05, 3.63) is 36.5 Å². The molecule has 0 spiro atoms. The second kappa shape index (κ2) is 4.08. The van der Waals surface area contributed by atoms with Crippen LogP contribution in [0.5, 0.6) is 0 Å². The van der Waals surface area contributed by atoms with Gasteiger partial charge in [0.1, 0.15) is 0 Å². The fourth-order valence-corrected chi connectivity index (χ4v) is 1.19. The predicted octanol–water partition coefficient (Wildman–Crippen LogP) is 2.24. The Hall–Kier alpha value is -1.31. The van der Waals surface area contributed by atoms with Crippen LogP contribution in [0.1, 0.15) is 13.3 Å². The van der Waals surface area contributed by atoms with Crippen LogP contribution in [0.2, 0.25) is 0 Å². The molecule has 70 valence electrons. The van der Waals surface area contributed by atoms with Gasteiger partial charge < -0.3 is 4.74 Å². The number of carbonyl (C=O) groups excluding carboxylic acids is 1. The molecule has 0 bridgehead atoms. The van der Waals surface area contributed by atoms with Crippen LogP contribution in [0.4, 0.5) is 0 Å². The third-order valence-corrected chi connectivity index (χ3v) is 2.08. The van der Waals surface area contributed by atoms with Crippen molar-refractivity contribution in [3.8, 4) is 0 Å². The van der Waals surface area contributed by atoms with Gasteiger partial charge in [0.2, 0.25) is 0 Å². The highest BCUT2D eigenvalue weighted by molar-refractivity contribution is 5.81. The van der Waals surface area contributed by atoms with Crippen LogP contribution in [-0.2, 0) is 9.53 Å².